The summed E-state index contributed by atoms with van der Waals surface area (Å²) in [4.78, 5) is 33.2. The molecule has 11 heteroatoms. The minimum Gasteiger partial charge on any atom is -0.440 e. The topological polar surface area (TPSA) is 90.7 Å². The van der Waals surface area contributed by atoms with Gasteiger partial charge in [-0.15, -0.1) is 0 Å². The molecule has 33 heavy (non-hydrogen) atoms. The van der Waals surface area contributed by atoms with E-state index in [0.29, 0.717) is 31.7 Å². The summed E-state index contributed by atoms with van der Waals surface area (Å²) in [6.45, 7) is 2.17. The number of amides is 2. The molecule has 3 fully saturated rings. The quantitative estimate of drug-likeness (QED) is 0.723. The van der Waals surface area contributed by atoms with Crippen molar-refractivity contribution in [1.82, 2.24) is 25.4 Å². The molecular weight excluding hydrogens is 439 g/mol. The van der Waals surface area contributed by atoms with Crippen molar-refractivity contribution in [3.8, 4) is 0 Å². The zero-order valence-electron chi connectivity index (χ0n) is 18.0. The van der Waals surface area contributed by atoms with E-state index in [0.717, 1.165) is 25.7 Å². The molecule has 3 unspecified atom stereocenters. The molecule has 3 aliphatic rings. The highest BCUT2D eigenvalue weighted by atomic mass is 19.4. The van der Waals surface area contributed by atoms with E-state index in [-0.39, 0.29) is 41.2 Å². The highest BCUT2D eigenvalue weighted by Gasteiger charge is 2.40. The largest absolute Gasteiger partial charge is 0.440 e. The molecule has 0 bridgehead atoms. The van der Waals surface area contributed by atoms with Crippen molar-refractivity contribution in [1.29, 1.82) is 0 Å². The third-order valence-electron chi connectivity index (χ3n) is 6.75. The molecule has 0 spiro atoms. The highest BCUT2D eigenvalue weighted by Crippen LogP contribution is 2.28. The lowest BCUT2D eigenvalue weighted by Gasteiger charge is -2.46. The first-order chi connectivity index (χ1) is 15.8. The lowest BCUT2D eigenvalue weighted by atomic mass is 9.82. The van der Waals surface area contributed by atoms with Crippen LogP contribution in [0.2, 0.25) is 0 Å². The molecule has 1 aromatic heterocycles. The number of hydrogen-bond donors (Lipinski definition) is 2. The van der Waals surface area contributed by atoms with Crippen LogP contribution < -0.4 is 10.6 Å². The SMILES string of the molecule is O=C1NC(N2CCN(C(=O)c3ccc4oc(CC(F)(F)F)nc4c3)CC2)NC2CCCCC12. The number of oxazole rings is 1. The minimum atomic E-state index is -4.41. The number of hydrogen-bond acceptors (Lipinski definition) is 6. The van der Waals surface area contributed by atoms with Gasteiger partial charge in [0.2, 0.25) is 11.8 Å². The summed E-state index contributed by atoms with van der Waals surface area (Å²) < 4.78 is 42.9. The first-order valence-corrected chi connectivity index (χ1v) is 11.3. The Morgan fingerprint density at radius 1 is 1.15 bits per heavy atom. The van der Waals surface area contributed by atoms with Crippen molar-refractivity contribution in [2.24, 2.45) is 5.92 Å². The zero-order valence-corrected chi connectivity index (χ0v) is 18.0. The van der Waals surface area contributed by atoms with Gasteiger partial charge >= 0.3 is 6.18 Å². The van der Waals surface area contributed by atoms with Crippen LogP contribution in [0.4, 0.5) is 13.2 Å². The standard InChI is InChI=1S/C22H26F3N5O3/c23-22(24,25)12-18-26-16-11-13(5-6-17(16)33-18)20(32)29-7-9-30(10-8-29)21-27-15-4-2-1-3-14(15)19(31)28-21/h5-6,11,14-15,21,27H,1-4,7-10,12H2,(H,28,31). The van der Waals surface area contributed by atoms with Crippen LogP contribution in [0.15, 0.2) is 22.6 Å². The van der Waals surface area contributed by atoms with E-state index in [1.807, 2.05) is 0 Å². The molecule has 8 nitrogen and oxygen atoms in total. The molecule has 3 heterocycles. The Balaban J connectivity index is 1.21. The number of alkyl halides is 3. The molecule has 1 aliphatic carbocycles. The number of carbonyl (C=O) groups is 2. The fraction of sp³-hybridized carbons (Fsp3) is 0.591. The van der Waals surface area contributed by atoms with Crippen LogP contribution in [0.5, 0.6) is 0 Å². The summed E-state index contributed by atoms with van der Waals surface area (Å²) in [5.41, 5.74) is 0.808. The number of aromatic nitrogens is 1. The maximum atomic E-state index is 13.0. The Kier molecular flexibility index (Phi) is 5.77. The molecule has 2 N–H and O–H groups in total. The van der Waals surface area contributed by atoms with Crippen LogP contribution >= 0.6 is 0 Å². The molecule has 2 aromatic rings. The van der Waals surface area contributed by atoms with Crippen LogP contribution in [0.1, 0.15) is 41.9 Å². The van der Waals surface area contributed by atoms with E-state index < -0.39 is 18.5 Å². The highest BCUT2D eigenvalue weighted by molar-refractivity contribution is 5.97. The Bertz CT molecular complexity index is 1050. The van der Waals surface area contributed by atoms with Crippen molar-refractivity contribution in [3.63, 3.8) is 0 Å². The fourth-order valence-corrected chi connectivity index (χ4v) is 5.05. The summed E-state index contributed by atoms with van der Waals surface area (Å²) >= 11 is 0. The summed E-state index contributed by atoms with van der Waals surface area (Å²) in [5, 5.41) is 6.63. The number of nitrogens with zero attached hydrogens (tertiary/aromatic N) is 3. The molecule has 0 radical (unpaired) electrons. The fourth-order valence-electron chi connectivity index (χ4n) is 5.05. The van der Waals surface area contributed by atoms with Crippen LogP contribution in [-0.4, -0.2) is 71.3 Å². The van der Waals surface area contributed by atoms with Gasteiger partial charge in [-0.25, -0.2) is 4.98 Å². The van der Waals surface area contributed by atoms with Gasteiger partial charge in [0, 0.05) is 37.8 Å². The smallest absolute Gasteiger partial charge is 0.397 e. The van der Waals surface area contributed by atoms with Crippen molar-refractivity contribution in [2.45, 2.75) is 50.6 Å². The Morgan fingerprint density at radius 2 is 1.91 bits per heavy atom. The van der Waals surface area contributed by atoms with Gasteiger partial charge in [-0.2, -0.15) is 13.2 Å². The number of nitrogens with one attached hydrogen (secondary N) is 2. The summed E-state index contributed by atoms with van der Waals surface area (Å²) in [7, 11) is 0. The minimum absolute atomic E-state index is 0.0426. The van der Waals surface area contributed by atoms with Gasteiger partial charge in [-0.1, -0.05) is 12.8 Å². The van der Waals surface area contributed by atoms with Gasteiger partial charge in [0.1, 0.15) is 18.2 Å². The molecule has 1 saturated carbocycles. The summed E-state index contributed by atoms with van der Waals surface area (Å²) in [5.74, 6) is -0.475. The first kappa shape index (κ1) is 22.1. The number of benzene rings is 1. The predicted molar refractivity (Wildman–Crippen MR) is 112 cm³/mol. The third kappa shape index (κ3) is 4.70. The lowest BCUT2D eigenvalue weighted by Crippen LogP contribution is -2.69. The lowest BCUT2D eigenvalue weighted by molar-refractivity contribution is -0.134. The van der Waals surface area contributed by atoms with E-state index in [1.54, 1.807) is 11.0 Å². The molecule has 2 amide bonds. The number of carbonyl (C=O) groups excluding carboxylic acids is 2. The van der Waals surface area contributed by atoms with E-state index >= 15 is 0 Å². The van der Waals surface area contributed by atoms with Crippen LogP contribution in [0.3, 0.4) is 0 Å². The number of rotatable bonds is 3. The zero-order chi connectivity index (χ0) is 23.2. The maximum Gasteiger partial charge on any atom is 0.397 e. The van der Waals surface area contributed by atoms with E-state index in [4.69, 9.17) is 4.42 Å². The third-order valence-corrected chi connectivity index (χ3v) is 6.75. The second-order valence-electron chi connectivity index (χ2n) is 8.99. The Morgan fingerprint density at radius 3 is 2.67 bits per heavy atom. The van der Waals surface area contributed by atoms with E-state index in [1.165, 1.54) is 12.1 Å². The molecule has 178 valence electrons. The van der Waals surface area contributed by atoms with Crippen LogP contribution in [-0.2, 0) is 11.2 Å². The second-order valence-corrected chi connectivity index (χ2v) is 8.99. The molecule has 5 rings (SSSR count). The summed E-state index contributed by atoms with van der Waals surface area (Å²) in [6.07, 6.45) is -1.75. The van der Waals surface area contributed by atoms with Gasteiger partial charge in [-0.05, 0) is 31.0 Å². The van der Waals surface area contributed by atoms with E-state index in [9.17, 15) is 22.8 Å². The average Bonchev–Trinajstić information content (AvgIpc) is 3.18. The first-order valence-electron chi connectivity index (χ1n) is 11.3. The van der Waals surface area contributed by atoms with Gasteiger partial charge in [0.05, 0.1) is 5.92 Å². The molecule has 3 atom stereocenters. The van der Waals surface area contributed by atoms with Crippen molar-refractivity contribution < 1.29 is 27.2 Å². The molecule has 2 saturated heterocycles. The number of piperazine rings is 1. The monoisotopic (exact) mass is 465 g/mol. The normalized spacial score (nSPS) is 26.8. The molecular formula is C22H26F3N5O3. The second kappa shape index (κ2) is 8.60. The van der Waals surface area contributed by atoms with Crippen LogP contribution in [0, 0.1) is 5.92 Å². The number of fused-ring (bicyclic) bond motifs is 2. The van der Waals surface area contributed by atoms with Gasteiger partial charge in [0.15, 0.2) is 5.58 Å². The van der Waals surface area contributed by atoms with Gasteiger partial charge in [0.25, 0.3) is 5.91 Å². The predicted octanol–water partition coefficient (Wildman–Crippen LogP) is 2.25. The number of halogens is 3. The summed E-state index contributed by atoms with van der Waals surface area (Å²) in [6, 6.07) is 4.70. The van der Waals surface area contributed by atoms with Crippen molar-refractivity contribution in [2.75, 3.05) is 26.2 Å². The van der Waals surface area contributed by atoms with Crippen molar-refractivity contribution >= 4 is 22.9 Å². The maximum absolute atomic E-state index is 13.0. The van der Waals surface area contributed by atoms with Crippen molar-refractivity contribution in [3.05, 3.63) is 29.7 Å². The van der Waals surface area contributed by atoms with Crippen LogP contribution in [0.25, 0.3) is 11.1 Å². The van der Waals surface area contributed by atoms with E-state index in [2.05, 4.69) is 20.5 Å². The Labute approximate surface area is 188 Å². The van der Waals surface area contributed by atoms with Gasteiger partial charge < -0.3 is 14.6 Å². The average molecular weight is 465 g/mol. The molecule has 1 aromatic carbocycles. The molecule has 2 aliphatic heterocycles. The Hall–Kier alpha value is -2.66. The van der Waals surface area contributed by atoms with Gasteiger partial charge in [-0.3, -0.25) is 19.8 Å².